The van der Waals surface area contributed by atoms with Crippen LogP contribution in [0.1, 0.15) is 24.4 Å². The van der Waals surface area contributed by atoms with Gasteiger partial charge in [0, 0.05) is 19.3 Å². The minimum absolute atomic E-state index is 0.180. The number of nitrogens with zero attached hydrogens (tertiary/aromatic N) is 4. The Kier molecular flexibility index (Phi) is 8.89. The molecule has 1 N–H and O–H groups in total. The van der Waals surface area contributed by atoms with Crippen LogP contribution in [0.3, 0.4) is 0 Å². The highest BCUT2D eigenvalue weighted by molar-refractivity contribution is 7.92. The molecule has 0 saturated carbocycles. The molecule has 1 atom stereocenters. The maximum absolute atomic E-state index is 13.7. The number of likely N-dealkylation sites (N-methyl/N-ethyl adjacent to an activating group) is 1. The van der Waals surface area contributed by atoms with Crippen LogP contribution < -0.4 is 10.3 Å². The highest BCUT2D eigenvalue weighted by Crippen LogP contribution is 2.29. The predicted molar refractivity (Wildman–Crippen MR) is 168 cm³/mol. The minimum Gasteiger partial charge on any atom is -0.336 e. The van der Waals surface area contributed by atoms with Crippen molar-refractivity contribution in [3.05, 3.63) is 92.8 Å². The van der Waals surface area contributed by atoms with E-state index in [1.807, 2.05) is 30.3 Å². The van der Waals surface area contributed by atoms with Gasteiger partial charge in [0.25, 0.3) is 5.56 Å². The summed E-state index contributed by atoms with van der Waals surface area (Å²) >= 11 is 12.4. The van der Waals surface area contributed by atoms with E-state index in [2.05, 4.69) is 14.6 Å². The quantitative estimate of drug-likeness (QED) is 0.279. The van der Waals surface area contributed by atoms with Crippen LogP contribution in [-0.4, -0.2) is 66.6 Å². The zero-order chi connectivity index (χ0) is 30.0. The number of halogens is 2. The smallest absolute Gasteiger partial charge is 0.269 e. The van der Waals surface area contributed by atoms with Gasteiger partial charge in [0.05, 0.1) is 39.6 Å². The Morgan fingerprint density at radius 3 is 2.40 bits per heavy atom. The highest BCUT2D eigenvalue weighted by atomic mass is 35.5. The maximum atomic E-state index is 13.7. The zero-order valence-corrected chi connectivity index (χ0v) is 25.6. The first kappa shape index (κ1) is 30.0. The molecule has 0 spiro atoms. The molecule has 1 unspecified atom stereocenters. The van der Waals surface area contributed by atoms with Crippen molar-refractivity contribution in [1.82, 2.24) is 19.4 Å². The lowest BCUT2D eigenvalue weighted by Gasteiger charge is -2.32. The lowest BCUT2D eigenvalue weighted by molar-refractivity contribution is -0.133. The lowest BCUT2D eigenvalue weighted by atomic mass is 9.99. The number of rotatable bonds is 9. The van der Waals surface area contributed by atoms with Crippen molar-refractivity contribution in [2.24, 2.45) is 0 Å². The second-order valence-electron chi connectivity index (χ2n) is 10.5. The number of carbonyl (C=O) groups excluding carboxylic acids is 1. The summed E-state index contributed by atoms with van der Waals surface area (Å²) in [4.78, 5) is 34.7. The van der Waals surface area contributed by atoms with Gasteiger partial charge in [-0.15, -0.1) is 0 Å². The Morgan fingerprint density at radius 1 is 1.02 bits per heavy atom. The van der Waals surface area contributed by atoms with Gasteiger partial charge in [-0.2, -0.15) is 0 Å². The zero-order valence-electron chi connectivity index (χ0n) is 23.3. The number of hydrogen-bond acceptors (Lipinski definition) is 6. The first-order valence-corrected chi connectivity index (χ1v) is 16.1. The van der Waals surface area contributed by atoms with Crippen LogP contribution in [0.15, 0.2) is 71.7 Å². The van der Waals surface area contributed by atoms with E-state index >= 15 is 0 Å². The second-order valence-corrected chi connectivity index (χ2v) is 13.1. The van der Waals surface area contributed by atoms with Crippen molar-refractivity contribution >= 4 is 55.9 Å². The molecule has 5 rings (SSSR count). The summed E-state index contributed by atoms with van der Waals surface area (Å²) in [5, 5.41) is 0.591. The molecule has 4 aromatic rings. The molecule has 42 heavy (non-hydrogen) atoms. The molecule has 3 aromatic carbocycles. The second kappa shape index (κ2) is 12.4. The van der Waals surface area contributed by atoms with Gasteiger partial charge in [-0.05, 0) is 66.9 Å². The van der Waals surface area contributed by atoms with Crippen LogP contribution in [0.5, 0.6) is 0 Å². The predicted octanol–water partition coefficient (Wildman–Crippen LogP) is 5.04. The van der Waals surface area contributed by atoms with Crippen molar-refractivity contribution in [3.8, 4) is 11.1 Å². The summed E-state index contributed by atoms with van der Waals surface area (Å²) in [6.45, 7) is 2.40. The van der Waals surface area contributed by atoms with Gasteiger partial charge in [-0.25, -0.2) is 13.4 Å². The monoisotopic (exact) mass is 627 g/mol. The molecule has 0 radical (unpaired) electrons. The van der Waals surface area contributed by atoms with E-state index in [-0.39, 0.29) is 23.5 Å². The van der Waals surface area contributed by atoms with E-state index in [0.717, 1.165) is 48.9 Å². The van der Waals surface area contributed by atoms with Crippen LogP contribution in [0.25, 0.3) is 22.2 Å². The molecule has 1 saturated heterocycles. The molecule has 2 heterocycles. The molecule has 0 aliphatic carbocycles. The lowest BCUT2D eigenvalue weighted by Crippen LogP contribution is -2.41. The Hall–Kier alpha value is -3.44. The summed E-state index contributed by atoms with van der Waals surface area (Å²) in [6.07, 6.45) is 4.53. The van der Waals surface area contributed by atoms with Gasteiger partial charge in [0.15, 0.2) is 0 Å². The van der Waals surface area contributed by atoms with Crippen molar-refractivity contribution in [2.45, 2.75) is 25.4 Å². The molecule has 9 nitrogen and oxygen atoms in total. The van der Waals surface area contributed by atoms with Crippen molar-refractivity contribution in [1.29, 1.82) is 0 Å². The summed E-state index contributed by atoms with van der Waals surface area (Å²) < 4.78 is 27.2. The van der Waals surface area contributed by atoms with Crippen molar-refractivity contribution in [3.63, 3.8) is 0 Å². The number of nitrogens with one attached hydrogen (secondary N) is 1. The molecule has 1 aromatic heterocycles. The highest BCUT2D eigenvalue weighted by Gasteiger charge is 2.26. The van der Waals surface area contributed by atoms with Crippen LogP contribution in [0, 0.1) is 0 Å². The summed E-state index contributed by atoms with van der Waals surface area (Å²) in [5.74, 6) is -0.233. The van der Waals surface area contributed by atoms with Crippen molar-refractivity contribution in [2.75, 3.05) is 37.7 Å². The molecule has 220 valence electrons. The number of sulfonamides is 1. The summed E-state index contributed by atoms with van der Waals surface area (Å²) in [5.41, 5.74) is 3.71. The molecule has 1 aliphatic heterocycles. The van der Waals surface area contributed by atoms with Crippen LogP contribution in [-0.2, 0) is 21.4 Å². The normalized spacial score (nSPS) is 14.7. The average Bonchev–Trinajstić information content (AvgIpc) is 3.47. The Labute approximate surface area is 254 Å². The number of benzene rings is 3. The van der Waals surface area contributed by atoms with E-state index in [1.165, 1.54) is 10.8 Å². The molecular formula is C30H31Cl2N5O4S. The van der Waals surface area contributed by atoms with Gasteiger partial charge < -0.3 is 9.80 Å². The van der Waals surface area contributed by atoms with Gasteiger partial charge in [-0.3, -0.25) is 18.9 Å². The summed E-state index contributed by atoms with van der Waals surface area (Å²) in [7, 11) is -1.63. The fourth-order valence-electron chi connectivity index (χ4n) is 5.28. The fourth-order valence-corrected chi connectivity index (χ4v) is 6.15. The van der Waals surface area contributed by atoms with E-state index in [0.29, 0.717) is 28.3 Å². The number of aromatic nitrogens is 2. The largest absolute Gasteiger partial charge is 0.336 e. The van der Waals surface area contributed by atoms with Gasteiger partial charge >= 0.3 is 0 Å². The Bertz CT molecular complexity index is 1790. The van der Waals surface area contributed by atoms with Gasteiger partial charge in [0.1, 0.15) is 6.54 Å². The first-order chi connectivity index (χ1) is 20.0. The molecule has 1 aliphatic rings. The average molecular weight is 629 g/mol. The Balaban J connectivity index is 1.42. The molecular weight excluding hydrogens is 597 g/mol. The molecule has 0 bridgehead atoms. The van der Waals surface area contributed by atoms with Crippen LogP contribution in [0.4, 0.5) is 5.69 Å². The van der Waals surface area contributed by atoms with Gasteiger partial charge in [0.2, 0.25) is 15.9 Å². The fraction of sp³-hybridized carbons (Fsp3) is 0.300. The number of amides is 1. The number of fused-ring (bicyclic) bond motifs is 1. The first-order valence-electron chi connectivity index (χ1n) is 13.5. The third-order valence-electron chi connectivity index (χ3n) is 7.47. The number of likely N-dealkylation sites (tertiary alicyclic amines) is 1. The SMILES string of the molecule is CN(C(=O)Cn1c(=O)cnc2cc(Cl)c(Cl)cc21)C(CN1CCCC1)c1ccc(-c2cccc(NS(C)(=O)=O)c2)cc1. The molecule has 12 heteroatoms. The van der Waals surface area contributed by atoms with E-state index in [1.54, 1.807) is 42.3 Å². The number of hydrogen-bond donors (Lipinski definition) is 1. The minimum atomic E-state index is -3.39. The number of anilines is 1. The standard InChI is InChI=1S/C30H31Cl2N5O4S/c1-35(30(39)19-37-27-16-25(32)24(31)15-26(27)33-17-29(37)38)28(18-36-12-3-4-13-36)21-10-8-20(9-11-21)22-6-5-7-23(14-22)34-42(2,40)41/h5-11,14-17,28,34H,3-4,12-13,18-19H2,1-2H3. The molecule has 1 amide bonds. The maximum Gasteiger partial charge on any atom is 0.269 e. The van der Waals surface area contributed by atoms with E-state index in [4.69, 9.17) is 23.2 Å². The van der Waals surface area contributed by atoms with E-state index < -0.39 is 15.6 Å². The number of carbonyl (C=O) groups is 1. The summed E-state index contributed by atoms with van der Waals surface area (Å²) in [6, 6.07) is 18.0. The Morgan fingerprint density at radius 2 is 1.71 bits per heavy atom. The van der Waals surface area contributed by atoms with Crippen LogP contribution >= 0.6 is 23.2 Å². The topological polar surface area (TPSA) is 105 Å². The van der Waals surface area contributed by atoms with Crippen molar-refractivity contribution < 1.29 is 13.2 Å². The van der Waals surface area contributed by atoms with Gasteiger partial charge in [-0.1, -0.05) is 59.6 Å². The third kappa shape index (κ3) is 6.95. The van der Waals surface area contributed by atoms with Crippen LogP contribution in [0.2, 0.25) is 10.0 Å². The molecule has 1 fully saturated rings. The third-order valence-corrected chi connectivity index (χ3v) is 8.80. The van der Waals surface area contributed by atoms with E-state index in [9.17, 15) is 18.0 Å².